The summed E-state index contributed by atoms with van der Waals surface area (Å²) in [5.74, 6) is 0. The van der Waals surface area contributed by atoms with E-state index in [-0.39, 0.29) is 32.5 Å². The molecule has 0 heterocycles. The van der Waals surface area contributed by atoms with E-state index in [0.29, 0.717) is 0 Å². The highest BCUT2D eigenvalue weighted by molar-refractivity contribution is 5.96. The van der Waals surface area contributed by atoms with Gasteiger partial charge in [-0.25, -0.2) is 0 Å². The van der Waals surface area contributed by atoms with Crippen molar-refractivity contribution < 1.29 is 0 Å². The molecule has 0 saturated carbocycles. The van der Waals surface area contributed by atoms with Crippen LogP contribution in [-0.4, -0.2) is 0 Å². The predicted octanol–water partition coefficient (Wildman–Crippen LogP) is 24.6. The highest BCUT2D eigenvalue weighted by Gasteiger charge is 2.42. The predicted molar refractivity (Wildman–Crippen MR) is 392 cm³/mol. The van der Waals surface area contributed by atoms with Gasteiger partial charge in [-0.1, -0.05) is 247 Å². The molecular weight excluding hydrogens is 1110 g/mol. The molecule has 0 radical (unpaired) electrons. The Hall–Kier alpha value is -9.24. The van der Waals surface area contributed by atoms with E-state index in [4.69, 9.17) is 0 Å². The number of hydrogen-bond donors (Lipinski definition) is 0. The summed E-state index contributed by atoms with van der Waals surface area (Å²) in [6, 6.07) is 87.3. The highest BCUT2D eigenvalue weighted by Crippen LogP contribution is 2.57. The maximum atomic E-state index is 2.55. The second-order valence-electron chi connectivity index (χ2n) is 31.4. The van der Waals surface area contributed by atoms with Gasteiger partial charge in [0.2, 0.25) is 0 Å². The van der Waals surface area contributed by atoms with Gasteiger partial charge in [-0.15, -0.1) is 0 Å². The maximum Gasteiger partial charge on any atom is 0.0470 e. The molecule has 0 spiro atoms. The number of nitrogens with zero attached hydrogens (tertiary/aromatic N) is 2. The van der Waals surface area contributed by atoms with Gasteiger partial charge < -0.3 is 9.80 Å². The molecule has 12 aromatic carbocycles. The van der Waals surface area contributed by atoms with Crippen LogP contribution in [0.2, 0.25) is 0 Å². The van der Waals surface area contributed by atoms with E-state index in [1.165, 1.54) is 167 Å². The molecule has 0 unspecified atom stereocenters. The Morgan fingerprint density at radius 2 is 0.696 bits per heavy atom. The smallest absolute Gasteiger partial charge is 0.0470 e. The SMILES string of the molecule is Cc1ccc2cc(N(c3ccc4c(c3)C(C)(C)c3ccc(CC(C)(C)c5ccc6c(c5)C(C)(C)c5cc(N(c7ccc8c(c7)C(C)(C)c7ccccc7-8)c7cc(C)c8ccccc8c7)ccc5-6)cc3-4)c3ccc4c(c3)C(C)(C)c3cc(C(C)(C)C)ccc3-4)ccc2c1. The topological polar surface area (TPSA) is 6.48 Å². The van der Waals surface area contributed by atoms with E-state index >= 15 is 0 Å². The van der Waals surface area contributed by atoms with Gasteiger partial charge in [-0.05, 0) is 237 Å². The fourth-order valence-corrected chi connectivity index (χ4v) is 17.1. The van der Waals surface area contributed by atoms with Gasteiger partial charge >= 0.3 is 0 Å². The van der Waals surface area contributed by atoms with Crippen LogP contribution in [0.4, 0.5) is 34.1 Å². The Balaban J connectivity index is 0.722. The number of aryl methyl sites for hydroxylation is 2. The van der Waals surface area contributed by atoms with Crippen LogP contribution in [0.1, 0.15) is 162 Å². The molecule has 12 aromatic rings. The summed E-state index contributed by atoms with van der Waals surface area (Å²) in [7, 11) is 0. The van der Waals surface area contributed by atoms with Gasteiger partial charge in [0.05, 0.1) is 0 Å². The van der Waals surface area contributed by atoms with E-state index in [2.05, 4.69) is 338 Å². The molecule has 0 amide bonds. The zero-order valence-electron chi connectivity index (χ0n) is 56.5. The highest BCUT2D eigenvalue weighted by atomic mass is 15.1. The summed E-state index contributed by atoms with van der Waals surface area (Å²) in [4.78, 5) is 5.03. The van der Waals surface area contributed by atoms with E-state index in [1.54, 1.807) is 0 Å². The van der Waals surface area contributed by atoms with Crippen molar-refractivity contribution in [3.05, 3.63) is 297 Å². The van der Waals surface area contributed by atoms with Crippen LogP contribution >= 0.6 is 0 Å². The van der Waals surface area contributed by atoms with Gasteiger partial charge in [0.15, 0.2) is 0 Å². The van der Waals surface area contributed by atoms with Crippen molar-refractivity contribution >= 4 is 55.7 Å². The van der Waals surface area contributed by atoms with Crippen LogP contribution in [-0.2, 0) is 38.9 Å². The van der Waals surface area contributed by atoms with Gasteiger partial charge in [0.1, 0.15) is 0 Å². The lowest BCUT2D eigenvalue weighted by molar-refractivity contribution is 0.520. The Morgan fingerprint density at radius 1 is 0.293 bits per heavy atom. The minimum absolute atomic E-state index is 0.0690. The van der Waals surface area contributed by atoms with Crippen LogP contribution in [0.3, 0.4) is 0 Å². The average Bonchev–Trinajstić information content (AvgIpc) is 1.60. The molecule has 4 aliphatic rings. The monoisotopic (exact) mass is 1190 g/mol. The summed E-state index contributed by atoms with van der Waals surface area (Å²) >= 11 is 0. The van der Waals surface area contributed by atoms with Crippen molar-refractivity contribution in [2.45, 2.75) is 143 Å². The fraction of sp³-hybridized carbons (Fsp3) is 0.244. The number of anilines is 6. The van der Waals surface area contributed by atoms with Gasteiger partial charge in [-0.3, -0.25) is 0 Å². The quantitative estimate of drug-likeness (QED) is 0.142. The van der Waals surface area contributed by atoms with Crippen LogP contribution in [0.25, 0.3) is 66.1 Å². The molecule has 2 nitrogen and oxygen atoms in total. The second kappa shape index (κ2) is 19.9. The lowest BCUT2D eigenvalue weighted by Crippen LogP contribution is -2.22. The van der Waals surface area contributed by atoms with E-state index in [0.717, 1.165) is 12.1 Å². The van der Waals surface area contributed by atoms with E-state index < -0.39 is 0 Å². The van der Waals surface area contributed by atoms with Gasteiger partial charge in [0.25, 0.3) is 0 Å². The third kappa shape index (κ3) is 8.72. The summed E-state index contributed by atoms with van der Waals surface area (Å²) in [6.07, 6.45) is 0.915. The minimum atomic E-state index is -0.233. The number of fused-ring (bicyclic) bond motifs is 14. The molecule has 4 aliphatic carbocycles. The van der Waals surface area contributed by atoms with Crippen molar-refractivity contribution in [2.75, 3.05) is 9.80 Å². The molecular formula is C90H84N2. The van der Waals surface area contributed by atoms with Crippen molar-refractivity contribution in [3.8, 4) is 44.5 Å². The van der Waals surface area contributed by atoms with E-state index in [1.807, 2.05) is 0 Å². The fourth-order valence-electron chi connectivity index (χ4n) is 17.1. The number of rotatable bonds is 9. The molecule has 0 aromatic heterocycles. The molecule has 454 valence electrons. The molecule has 0 fully saturated rings. The zero-order chi connectivity index (χ0) is 63.9. The molecule has 0 N–H and O–H groups in total. The minimum Gasteiger partial charge on any atom is -0.310 e. The van der Waals surface area contributed by atoms with Crippen molar-refractivity contribution in [2.24, 2.45) is 0 Å². The van der Waals surface area contributed by atoms with Crippen molar-refractivity contribution in [1.82, 2.24) is 0 Å². The first-order chi connectivity index (χ1) is 43.8. The summed E-state index contributed by atoms with van der Waals surface area (Å²) < 4.78 is 0. The molecule has 0 atom stereocenters. The summed E-state index contributed by atoms with van der Waals surface area (Å²) in [5.41, 5.74) is 34.7. The Labute approximate surface area is 546 Å². The Bertz CT molecular complexity index is 5120. The lowest BCUT2D eigenvalue weighted by Gasteiger charge is -2.30. The van der Waals surface area contributed by atoms with Gasteiger partial charge in [0, 0.05) is 55.8 Å². The van der Waals surface area contributed by atoms with Crippen molar-refractivity contribution in [1.29, 1.82) is 0 Å². The third-order valence-corrected chi connectivity index (χ3v) is 22.5. The van der Waals surface area contributed by atoms with Gasteiger partial charge in [-0.2, -0.15) is 0 Å². The molecule has 0 aliphatic heterocycles. The normalized spacial score (nSPS) is 15.5. The summed E-state index contributed by atoms with van der Waals surface area (Å²) in [5, 5.41) is 5.04. The van der Waals surface area contributed by atoms with Crippen LogP contribution in [0.15, 0.2) is 224 Å². The third-order valence-electron chi connectivity index (χ3n) is 22.5. The molecule has 16 rings (SSSR count). The first kappa shape index (κ1) is 57.9. The molecule has 0 bridgehead atoms. The first-order valence-electron chi connectivity index (χ1n) is 33.5. The number of hydrogen-bond acceptors (Lipinski definition) is 2. The summed E-state index contributed by atoms with van der Waals surface area (Å²) in [6.45, 7) is 35.6. The van der Waals surface area contributed by atoms with E-state index in [9.17, 15) is 0 Å². The Kier molecular flexibility index (Phi) is 12.5. The standard InChI is InChI=1S/C90H84N2/c1-54-24-26-58-45-62(30-27-57(58)42-54)91(63-31-38-73-70-35-28-60(85(3,4)5)47-79(70)89(12,13)82(73)49-63)64-34-40-75-76-44-56(25-41-78(76)88(10,11)84(75)50-64)53-86(6,7)61-29-36-71-74-39-33-66(52-83(74)90(14,15)80(71)48-61)92(67-43-55(2)68-21-17-16-20-59(68)46-67)65-32-37-72-69-22-18-19-23-77(69)87(8,9)81(72)51-65/h16-52H,53H2,1-15H3. The van der Waals surface area contributed by atoms with Crippen molar-refractivity contribution in [3.63, 3.8) is 0 Å². The zero-order valence-corrected chi connectivity index (χ0v) is 56.5. The maximum absolute atomic E-state index is 2.55. The van der Waals surface area contributed by atoms with Crippen LogP contribution < -0.4 is 9.80 Å². The van der Waals surface area contributed by atoms with Crippen LogP contribution in [0, 0.1) is 13.8 Å². The Morgan fingerprint density at radius 3 is 1.27 bits per heavy atom. The second-order valence-corrected chi connectivity index (χ2v) is 31.4. The average molecular weight is 1190 g/mol. The number of benzene rings is 12. The lowest BCUT2D eigenvalue weighted by atomic mass is 9.75. The molecule has 0 saturated heterocycles. The van der Waals surface area contributed by atoms with Crippen LogP contribution in [0.5, 0.6) is 0 Å². The first-order valence-corrected chi connectivity index (χ1v) is 33.5. The molecule has 92 heavy (non-hydrogen) atoms. The molecule has 2 heteroatoms. The largest absolute Gasteiger partial charge is 0.310 e.